The van der Waals surface area contributed by atoms with Crippen molar-refractivity contribution < 1.29 is 10.0 Å². The number of nitrogens with zero attached hydrogens (tertiary/aromatic N) is 3. The van der Waals surface area contributed by atoms with Crippen LogP contribution in [-0.4, -0.2) is 23.2 Å². The Morgan fingerprint density at radius 1 is 1.14 bits per heavy atom. The van der Waals surface area contributed by atoms with Crippen molar-refractivity contribution in [2.75, 3.05) is 7.05 Å². The van der Waals surface area contributed by atoms with Gasteiger partial charge in [-0.05, 0) is 54.6 Å². The van der Waals surface area contributed by atoms with Crippen LogP contribution in [0.4, 0.5) is 5.69 Å². The zero-order valence-corrected chi connectivity index (χ0v) is 16.4. The average molecular weight is 402 g/mol. The van der Waals surface area contributed by atoms with E-state index in [-0.39, 0.29) is 5.91 Å². The van der Waals surface area contributed by atoms with Gasteiger partial charge in [0.05, 0.1) is 22.6 Å². The Balaban J connectivity index is 1.57. The number of hydrogen-bond donors (Lipinski definition) is 2. The molecule has 2 heterocycles. The summed E-state index contributed by atoms with van der Waals surface area (Å²) >= 11 is 1.51. The van der Waals surface area contributed by atoms with Crippen molar-refractivity contribution in [3.05, 3.63) is 95.9 Å². The molecule has 2 N–H and O–H groups in total. The summed E-state index contributed by atoms with van der Waals surface area (Å²) in [5, 5.41) is 22.0. The second kappa shape index (κ2) is 8.30. The smallest absolute Gasteiger partial charge is 0.252 e. The quantitative estimate of drug-likeness (QED) is 0.728. The second-order valence-electron chi connectivity index (χ2n) is 6.24. The molecule has 0 atom stereocenters. The van der Waals surface area contributed by atoms with Crippen molar-refractivity contribution in [2.24, 2.45) is 10.2 Å². The van der Waals surface area contributed by atoms with E-state index in [1.807, 2.05) is 54.6 Å². The van der Waals surface area contributed by atoms with Crippen molar-refractivity contribution in [1.29, 1.82) is 0 Å². The Labute approximate surface area is 172 Å². The summed E-state index contributed by atoms with van der Waals surface area (Å²) in [5.74, 6) is -0.114. The number of carbonyl (C=O) groups excluding carboxylic acids is 1. The monoisotopic (exact) mass is 402 g/mol. The summed E-state index contributed by atoms with van der Waals surface area (Å²) in [4.78, 5) is 13.9. The van der Waals surface area contributed by atoms with Gasteiger partial charge in [0.2, 0.25) is 0 Å². The molecule has 0 aliphatic carbocycles. The summed E-state index contributed by atoms with van der Waals surface area (Å²) in [5.41, 5.74) is 3.70. The fourth-order valence-electron chi connectivity index (χ4n) is 2.91. The van der Waals surface area contributed by atoms with Crippen molar-refractivity contribution in [2.45, 2.75) is 9.79 Å². The summed E-state index contributed by atoms with van der Waals surface area (Å²) < 4.78 is 0. The lowest BCUT2D eigenvalue weighted by Gasteiger charge is -2.14. The van der Waals surface area contributed by atoms with Gasteiger partial charge in [0.25, 0.3) is 5.91 Å². The number of hydroxylamine groups is 2. The molecule has 0 saturated heterocycles. The Bertz CT molecular complexity index is 1120. The normalized spacial score (nSPS) is 17.2. The fourth-order valence-corrected chi connectivity index (χ4v) is 3.89. The van der Waals surface area contributed by atoms with E-state index in [9.17, 15) is 10.0 Å². The molecule has 2 aliphatic heterocycles. The first kappa shape index (κ1) is 18.9. The number of amides is 1. The molecule has 1 amide bonds. The molecule has 2 aromatic rings. The van der Waals surface area contributed by atoms with Crippen LogP contribution in [0.2, 0.25) is 0 Å². The standard InChI is InChI=1S/C22H18N4O2S/c1-23-22(27)18-7-2-3-8-21(18)29-16-10-11-17-19(24-25-20(17)14-16)12-9-15-6-4-5-13-26(15)28/h2-14,28H,1H3,(H,23,27). The van der Waals surface area contributed by atoms with Crippen LogP contribution in [0.25, 0.3) is 5.70 Å². The topological polar surface area (TPSA) is 77.3 Å². The van der Waals surface area contributed by atoms with Crippen LogP contribution in [0.3, 0.4) is 0 Å². The van der Waals surface area contributed by atoms with Gasteiger partial charge in [-0.1, -0.05) is 30.0 Å². The Hall–Kier alpha value is -3.42. The van der Waals surface area contributed by atoms with Gasteiger partial charge in [0.1, 0.15) is 0 Å². The summed E-state index contributed by atoms with van der Waals surface area (Å²) in [7, 11) is 1.62. The third kappa shape index (κ3) is 4.06. The second-order valence-corrected chi connectivity index (χ2v) is 7.36. The van der Waals surface area contributed by atoms with Crippen molar-refractivity contribution >= 4 is 29.1 Å². The Kier molecular flexibility index (Phi) is 5.41. The first-order valence-electron chi connectivity index (χ1n) is 8.96. The van der Waals surface area contributed by atoms with Gasteiger partial charge >= 0.3 is 0 Å². The van der Waals surface area contributed by atoms with Crippen LogP contribution < -0.4 is 5.32 Å². The number of azo groups is 1. The fraction of sp³-hybridized carbons (Fsp3) is 0.0455. The highest BCUT2D eigenvalue weighted by atomic mass is 32.2. The number of fused-ring (bicyclic) bond motifs is 1. The van der Waals surface area contributed by atoms with Gasteiger partial charge in [-0.15, -0.1) is 10.2 Å². The van der Waals surface area contributed by atoms with Crippen LogP contribution in [0.5, 0.6) is 0 Å². The van der Waals surface area contributed by atoms with E-state index in [2.05, 4.69) is 15.5 Å². The maximum Gasteiger partial charge on any atom is 0.252 e. The summed E-state index contributed by atoms with van der Waals surface area (Å²) in [6.07, 6.45) is 10.6. The number of rotatable bonds is 4. The first-order chi connectivity index (χ1) is 14.2. The predicted molar refractivity (Wildman–Crippen MR) is 113 cm³/mol. The number of carbonyl (C=O) groups is 1. The van der Waals surface area contributed by atoms with E-state index < -0.39 is 0 Å². The molecule has 29 heavy (non-hydrogen) atoms. The van der Waals surface area contributed by atoms with E-state index in [0.717, 1.165) is 31.8 Å². The van der Waals surface area contributed by atoms with E-state index in [0.29, 0.717) is 11.3 Å². The van der Waals surface area contributed by atoms with Crippen molar-refractivity contribution in [3.63, 3.8) is 0 Å². The van der Waals surface area contributed by atoms with E-state index in [4.69, 9.17) is 0 Å². The lowest BCUT2D eigenvalue weighted by Crippen LogP contribution is -2.18. The lowest BCUT2D eigenvalue weighted by molar-refractivity contribution is -0.000196. The highest BCUT2D eigenvalue weighted by Gasteiger charge is 2.16. The van der Waals surface area contributed by atoms with Crippen LogP contribution >= 0.6 is 11.8 Å². The highest BCUT2D eigenvalue weighted by Crippen LogP contribution is 2.40. The zero-order valence-electron chi connectivity index (χ0n) is 15.6. The largest absolute Gasteiger partial charge is 0.355 e. The molecule has 4 rings (SSSR count). The number of hydrogen-bond acceptors (Lipinski definition) is 6. The Morgan fingerprint density at radius 3 is 2.83 bits per heavy atom. The van der Waals surface area contributed by atoms with Crippen LogP contribution in [-0.2, 0) is 0 Å². The highest BCUT2D eigenvalue weighted by molar-refractivity contribution is 7.99. The van der Waals surface area contributed by atoms with E-state index in [1.54, 1.807) is 31.5 Å². The SMILES string of the molecule is CNC(=O)c1ccccc1Sc1ccc2c(c1)N=NC2=CC=C1C=CC=CN1O. The van der Waals surface area contributed by atoms with Crippen molar-refractivity contribution in [1.82, 2.24) is 10.4 Å². The molecule has 2 aliphatic rings. The molecule has 144 valence electrons. The third-order valence-electron chi connectivity index (χ3n) is 4.38. The van der Waals surface area contributed by atoms with Gasteiger partial charge in [-0.3, -0.25) is 10.0 Å². The summed E-state index contributed by atoms with van der Waals surface area (Å²) in [6, 6.07) is 13.4. The summed E-state index contributed by atoms with van der Waals surface area (Å²) in [6.45, 7) is 0. The molecule has 6 nitrogen and oxygen atoms in total. The minimum Gasteiger partial charge on any atom is -0.355 e. The molecular weight excluding hydrogens is 384 g/mol. The van der Waals surface area contributed by atoms with Gasteiger partial charge in [-0.2, -0.15) is 0 Å². The van der Waals surface area contributed by atoms with Crippen molar-refractivity contribution in [3.8, 4) is 0 Å². The van der Waals surface area contributed by atoms with Gasteiger partial charge in [0.15, 0.2) is 0 Å². The van der Waals surface area contributed by atoms with Gasteiger partial charge < -0.3 is 5.32 Å². The molecule has 0 spiro atoms. The van der Waals surface area contributed by atoms with Crippen LogP contribution in [0, 0.1) is 0 Å². The molecule has 7 heteroatoms. The number of nitrogens with one attached hydrogen (secondary N) is 1. The molecule has 0 unspecified atom stereocenters. The average Bonchev–Trinajstić information content (AvgIpc) is 3.15. The van der Waals surface area contributed by atoms with E-state index >= 15 is 0 Å². The molecular formula is C22H18N4O2S. The predicted octanol–water partition coefficient (Wildman–Crippen LogP) is 5.29. The Morgan fingerprint density at radius 2 is 2.00 bits per heavy atom. The maximum absolute atomic E-state index is 12.1. The third-order valence-corrected chi connectivity index (χ3v) is 5.44. The minimum absolute atomic E-state index is 0.114. The molecule has 0 aromatic heterocycles. The zero-order chi connectivity index (χ0) is 20.2. The van der Waals surface area contributed by atoms with Gasteiger partial charge in [0, 0.05) is 28.6 Å². The lowest BCUT2D eigenvalue weighted by atomic mass is 10.1. The van der Waals surface area contributed by atoms with Crippen LogP contribution in [0.15, 0.2) is 105 Å². The molecule has 2 aromatic carbocycles. The molecule has 0 radical (unpaired) electrons. The van der Waals surface area contributed by atoms with E-state index in [1.165, 1.54) is 11.8 Å². The minimum atomic E-state index is -0.114. The number of allylic oxidation sites excluding steroid dienone is 5. The molecule has 0 bridgehead atoms. The number of benzene rings is 2. The molecule has 0 saturated carbocycles. The van der Waals surface area contributed by atoms with Crippen LogP contribution in [0.1, 0.15) is 15.9 Å². The maximum atomic E-state index is 12.1. The first-order valence-corrected chi connectivity index (χ1v) is 9.77. The van der Waals surface area contributed by atoms with Gasteiger partial charge in [-0.25, -0.2) is 5.06 Å². The molecule has 0 fully saturated rings.